The zero-order chi connectivity index (χ0) is 13.8. The molecule has 0 saturated carbocycles. The molecule has 19 heavy (non-hydrogen) atoms. The van der Waals surface area contributed by atoms with E-state index in [1.165, 1.54) is 0 Å². The number of phenolic OH excluding ortho intramolecular Hbond substituents is 1. The monoisotopic (exact) mass is 265 g/mol. The van der Waals surface area contributed by atoms with Crippen molar-refractivity contribution in [3.8, 4) is 11.5 Å². The molecule has 0 amide bonds. The van der Waals surface area contributed by atoms with Gasteiger partial charge in [0.2, 0.25) is 0 Å². The van der Waals surface area contributed by atoms with E-state index in [1.54, 1.807) is 19.1 Å². The van der Waals surface area contributed by atoms with Gasteiger partial charge in [-0.1, -0.05) is 0 Å². The Bertz CT molecular complexity index is 473. The number of hydrogen-bond acceptors (Lipinski definition) is 5. The number of carbonyl (C=O) groups excluding carboxylic acids is 1. The fraction of sp³-hybridized carbons (Fsp3) is 0.500. The van der Waals surface area contributed by atoms with Crippen molar-refractivity contribution in [2.45, 2.75) is 32.2 Å². The van der Waals surface area contributed by atoms with Crippen LogP contribution in [0.4, 0.5) is 0 Å². The highest BCUT2D eigenvalue weighted by molar-refractivity contribution is 5.69. The van der Waals surface area contributed by atoms with Gasteiger partial charge in [-0.15, -0.1) is 0 Å². The molecule has 1 aliphatic rings. The van der Waals surface area contributed by atoms with Gasteiger partial charge in [0.15, 0.2) is 0 Å². The number of nitrogens with two attached hydrogens (primary N) is 1. The molecule has 2 rings (SSSR count). The number of rotatable bonds is 5. The number of hydrogen-bond donors (Lipinski definition) is 2. The second kappa shape index (κ2) is 5.93. The maximum atomic E-state index is 11.2. The van der Waals surface area contributed by atoms with Gasteiger partial charge in [0.25, 0.3) is 0 Å². The Labute approximate surface area is 112 Å². The SMILES string of the molecule is CCOC(=O)CCOc1ccc(O)c2c1CC(N)C2. The molecule has 3 N–H and O–H groups in total. The van der Waals surface area contributed by atoms with Gasteiger partial charge in [0.1, 0.15) is 11.5 Å². The van der Waals surface area contributed by atoms with E-state index in [1.807, 2.05) is 0 Å². The van der Waals surface area contributed by atoms with Crippen LogP contribution in [-0.2, 0) is 22.4 Å². The van der Waals surface area contributed by atoms with E-state index in [9.17, 15) is 9.90 Å². The highest BCUT2D eigenvalue weighted by Gasteiger charge is 2.24. The van der Waals surface area contributed by atoms with E-state index in [2.05, 4.69) is 0 Å². The van der Waals surface area contributed by atoms with Crippen LogP contribution in [0.25, 0.3) is 0 Å². The third-order valence-corrected chi connectivity index (χ3v) is 3.17. The molecule has 5 heteroatoms. The summed E-state index contributed by atoms with van der Waals surface area (Å²) < 4.78 is 10.4. The molecule has 1 aromatic rings. The molecule has 1 unspecified atom stereocenters. The van der Waals surface area contributed by atoms with E-state index in [4.69, 9.17) is 15.2 Å². The first-order valence-corrected chi connectivity index (χ1v) is 6.49. The molecule has 1 aliphatic carbocycles. The summed E-state index contributed by atoms with van der Waals surface area (Å²) in [4.78, 5) is 11.2. The lowest BCUT2D eigenvalue weighted by atomic mass is 10.1. The van der Waals surface area contributed by atoms with Crippen LogP contribution in [-0.4, -0.2) is 30.3 Å². The minimum Gasteiger partial charge on any atom is -0.508 e. The van der Waals surface area contributed by atoms with Crippen LogP contribution in [0.3, 0.4) is 0 Å². The molecule has 0 heterocycles. The van der Waals surface area contributed by atoms with Crippen molar-refractivity contribution in [2.24, 2.45) is 5.73 Å². The lowest BCUT2D eigenvalue weighted by Gasteiger charge is -2.11. The molecule has 104 valence electrons. The van der Waals surface area contributed by atoms with Gasteiger partial charge >= 0.3 is 5.97 Å². The number of carbonyl (C=O) groups is 1. The standard InChI is InChI=1S/C14H19NO4/c1-2-18-14(17)5-6-19-13-4-3-12(16)10-7-9(15)8-11(10)13/h3-4,9,16H,2,5-8,15H2,1H3. The summed E-state index contributed by atoms with van der Waals surface area (Å²) in [6, 6.07) is 3.35. The first kappa shape index (κ1) is 13.7. The molecule has 0 spiro atoms. The minimum atomic E-state index is -0.269. The quantitative estimate of drug-likeness (QED) is 0.780. The van der Waals surface area contributed by atoms with E-state index < -0.39 is 0 Å². The molecule has 1 atom stereocenters. The molecular formula is C14H19NO4. The fourth-order valence-electron chi connectivity index (χ4n) is 2.32. The lowest BCUT2D eigenvalue weighted by molar-refractivity contribution is -0.143. The van der Waals surface area contributed by atoms with Gasteiger partial charge in [0, 0.05) is 17.2 Å². The van der Waals surface area contributed by atoms with Crippen molar-refractivity contribution in [3.63, 3.8) is 0 Å². The average Bonchev–Trinajstić information content (AvgIpc) is 2.75. The Balaban J connectivity index is 1.99. The van der Waals surface area contributed by atoms with Crippen molar-refractivity contribution in [3.05, 3.63) is 23.3 Å². The molecule has 0 bridgehead atoms. The zero-order valence-corrected chi connectivity index (χ0v) is 11.0. The molecule has 0 fully saturated rings. The van der Waals surface area contributed by atoms with Crippen molar-refractivity contribution in [1.29, 1.82) is 0 Å². The normalized spacial score (nSPS) is 17.1. The summed E-state index contributed by atoms with van der Waals surface area (Å²) in [6.07, 6.45) is 1.57. The minimum absolute atomic E-state index is 0.0238. The Morgan fingerprint density at radius 3 is 2.89 bits per heavy atom. The number of esters is 1. The number of ether oxygens (including phenoxy) is 2. The first-order valence-electron chi connectivity index (χ1n) is 6.49. The topological polar surface area (TPSA) is 81.8 Å². The summed E-state index contributed by atoms with van der Waals surface area (Å²) in [5, 5.41) is 9.77. The maximum Gasteiger partial charge on any atom is 0.309 e. The predicted molar refractivity (Wildman–Crippen MR) is 70.2 cm³/mol. The van der Waals surface area contributed by atoms with Gasteiger partial charge in [-0.25, -0.2) is 0 Å². The van der Waals surface area contributed by atoms with Crippen LogP contribution >= 0.6 is 0 Å². The molecule has 0 saturated heterocycles. The third kappa shape index (κ3) is 3.17. The predicted octanol–water partition coefficient (Wildman–Crippen LogP) is 1.15. The maximum absolute atomic E-state index is 11.2. The zero-order valence-electron chi connectivity index (χ0n) is 11.0. The van der Waals surface area contributed by atoms with Crippen LogP contribution in [0, 0.1) is 0 Å². The van der Waals surface area contributed by atoms with E-state index in [0.717, 1.165) is 11.1 Å². The van der Waals surface area contributed by atoms with Gasteiger partial charge in [-0.3, -0.25) is 4.79 Å². The van der Waals surface area contributed by atoms with Gasteiger partial charge in [0.05, 0.1) is 19.6 Å². The number of benzene rings is 1. The van der Waals surface area contributed by atoms with Crippen LogP contribution in [0.1, 0.15) is 24.5 Å². The first-order chi connectivity index (χ1) is 9.11. The third-order valence-electron chi connectivity index (χ3n) is 3.17. The van der Waals surface area contributed by atoms with Gasteiger partial charge < -0.3 is 20.3 Å². The summed E-state index contributed by atoms with van der Waals surface area (Å²) in [5.41, 5.74) is 7.72. The molecule has 0 aliphatic heterocycles. The number of fused-ring (bicyclic) bond motifs is 1. The van der Waals surface area contributed by atoms with Crippen LogP contribution in [0.5, 0.6) is 11.5 Å². The van der Waals surface area contributed by atoms with Crippen molar-refractivity contribution >= 4 is 5.97 Å². The second-order valence-corrected chi connectivity index (χ2v) is 4.61. The van der Waals surface area contributed by atoms with Crippen LogP contribution in [0.2, 0.25) is 0 Å². The van der Waals surface area contributed by atoms with Crippen molar-refractivity contribution in [2.75, 3.05) is 13.2 Å². The highest BCUT2D eigenvalue weighted by atomic mass is 16.5. The summed E-state index contributed by atoms with van der Waals surface area (Å²) >= 11 is 0. The highest BCUT2D eigenvalue weighted by Crippen LogP contribution is 2.36. The fourth-order valence-corrected chi connectivity index (χ4v) is 2.32. The largest absolute Gasteiger partial charge is 0.508 e. The number of aromatic hydroxyl groups is 1. The van der Waals surface area contributed by atoms with Gasteiger partial charge in [-0.05, 0) is 31.9 Å². The van der Waals surface area contributed by atoms with E-state index in [0.29, 0.717) is 25.2 Å². The van der Waals surface area contributed by atoms with Crippen molar-refractivity contribution < 1.29 is 19.4 Å². The Hall–Kier alpha value is -1.75. The van der Waals surface area contributed by atoms with Crippen LogP contribution < -0.4 is 10.5 Å². The smallest absolute Gasteiger partial charge is 0.309 e. The Morgan fingerprint density at radius 2 is 2.16 bits per heavy atom. The molecule has 0 radical (unpaired) electrons. The lowest BCUT2D eigenvalue weighted by Crippen LogP contribution is -2.19. The summed E-state index contributed by atoms with van der Waals surface area (Å²) in [7, 11) is 0. The molecule has 0 aromatic heterocycles. The summed E-state index contributed by atoms with van der Waals surface area (Å²) in [5.74, 6) is 0.695. The molecular weight excluding hydrogens is 246 g/mol. The Kier molecular flexibility index (Phi) is 4.27. The number of phenols is 1. The van der Waals surface area contributed by atoms with Gasteiger partial charge in [-0.2, -0.15) is 0 Å². The second-order valence-electron chi connectivity index (χ2n) is 4.61. The molecule has 5 nitrogen and oxygen atoms in total. The summed E-state index contributed by atoms with van der Waals surface area (Å²) in [6.45, 7) is 2.42. The average molecular weight is 265 g/mol. The van der Waals surface area contributed by atoms with Crippen molar-refractivity contribution in [1.82, 2.24) is 0 Å². The van der Waals surface area contributed by atoms with E-state index >= 15 is 0 Å². The Morgan fingerprint density at radius 1 is 1.42 bits per heavy atom. The molecule has 1 aromatic carbocycles. The van der Waals surface area contributed by atoms with E-state index in [-0.39, 0.29) is 30.8 Å². The van der Waals surface area contributed by atoms with Crippen LogP contribution in [0.15, 0.2) is 12.1 Å².